The van der Waals surface area contributed by atoms with Gasteiger partial charge in [0.25, 0.3) is 5.56 Å². The van der Waals surface area contributed by atoms with Crippen molar-refractivity contribution in [2.24, 2.45) is 5.73 Å². The van der Waals surface area contributed by atoms with Crippen molar-refractivity contribution in [3.63, 3.8) is 0 Å². The van der Waals surface area contributed by atoms with E-state index >= 15 is 0 Å². The number of aromatic nitrogens is 1. The van der Waals surface area contributed by atoms with E-state index in [-0.39, 0.29) is 17.0 Å². The van der Waals surface area contributed by atoms with Gasteiger partial charge in [-0.1, -0.05) is 18.2 Å². The Morgan fingerprint density at radius 1 is 1.00 bits per heavy atom. The van der Waals surface area contributed by atoms with E-state index in [0.29, 0.717) is 25.2 Å². The zero-order chi connectivity index (χ0) is 30.3. The molecule has 1 aromatic heterocycles. The molecular formula is C36H45N3O4. The van der Waals surface area contributed by atoms with Gasteiger partial charge in [-0.05, 0) is 117 Å². The molecule has 3 N–H and O–H groups in total. The zero-order valence-corrected chi connectivity index (χ0v) is 26.1. The number of carbonyl (C=O) groups is 1. The number of H-pyrrole nitrogens is 1. The third-order valence-corrected chi connectivity index (χ3v) is 10.3. The first-order valence-corrected chi connectivity index (χ1v) is 15.9. The van der Waals surface area contributed by atoms with Crippen molar-refractivity contribution in [1.82, 2.24) is 4.98 Å². The summed E-state index contributed by atoms with van der Waals surface area (Å²) in [5.41, 5.74) is 17.2. The molecule has 0 atom stereocenters. The Labute approximate surface area is 254 Å². The second-order valence-electron chi connectivity index (χ2n) is 12.8. The van der Waals surface area contributed by atoms with E-state index in [2.05, 4.69) is 35.0 Å². The van der Waals surface area contributed by atoms with Gasteiger partial charge in [-0.15, -0.1) is 0 Å². The van der Waals surface area contributed by atoms with Crippen LogP contribution in [-0.4, -0.2) is 49.9 Å². The highest BCUT2D eigenvalue weighted by Gasteiger charge is 2.40. The maximum absolute atomic E-state index is 13.4. The fourth-order valence-corrected chi connectivity index (χ4v) is 8.05. The number of rotatable bonds is 7. The predicted octanol–water partition coefficient (Wildman–Crippen LogP) is 5.66. The summed E-state index contributed by atoms with van der Waals surface area (Å²) in [6.07, 6.45) is 6.62. The number of aryl methyl sites for hydroxylation is 3. The minimum absolute atomic E-state index is 0.0597. The van der Waals surface area contributed by atoms with Gasteiger partial charge in [0.05, 0.1) is 0 Å². The number of nitrogens with one attached hydrogen (secondary N) is 1. The topological polar surface area (TPSA) is 97.6 Å². The van der Waals surface area contributed by atoms with Gasteiger partial charge in [0.15, 0.2) is 0 Å². The average Bonchev–Trinajstić information content (AvgIpc) is 3.33. The first-order chi connectivity index (χ1) is 20.7. The van der Waals surface area contributed by atoms with Gasteiger partial charge in [0.2, 0.25) is 5.91 Å². The summed E-state index contributed by atoms with van der Waals surface area (Å²) in [5, 5.41) is 0. The van der Waals surface area contributed by atoms with Crippen LogP contribution in [0.5, 0.6) is 0 Å². The summed E-state index contributed by atoms with van der Waals surface area (Å²) < 4.78 is 11.4. The minimum atomic E-state index is -0.429. The molecule has 228 valence electrons. The third-order valence-electron chi connectivity index (χ3n) is 10.3. The van der Waals surface area contributed by atoms with E-state index in [1.165, 1.54) is 11.1 Å². The number of hydrogen-bond donors (Lipinski definition) is 2. The smallest absolute Gasteiger partial charge is 0.251 e. The summed E-state index contributed by atoms with van der Waals surface area (Å²) >= 11 is 0. The summed E-state index contributed by atoms with van der Waals surface area (Å²) in [7, 11) is 0. The molecule has 3 aromatic rings. The van der Waals surface area contributed by atoms with E-state index in [1.807, 2.05) is 32.9 Å². The number of anilines is 1. The highest BCUT2D eigenvalue weighted by Crippen LogP contribution is 2.48. The number of carbonyl (C=O) groups excluding carboxylic acids is 1. The Morgan fingerprint density at radius 2 is 1.72 bits per heavy atom. The minimum Gasteiger partial charge on any atom is -0.381 e. The van der Waals surface area contributed by atoms with Crippen molar-refractivity contribution in [2.75, 3.05) is 37.9 Å². The Hall–Kier alpha value is -3.42. The average molecular weight is 584 g/mol. The van der Waals surface area contributed by atoms with Gasteiger partial charge in [0, 0.05) is 73.4 Å². The molecule has 1 amide bonds. The van der Waals surface area contributed by atoms with Crippen LogP contribution >= 0.6 is 0 Å². The molecule has 3 heterocycles. The van der Waals surface area contributed by atoms with Crippen LogP contribution in [0.3, 0.4) is 0 Å². The molecule has 0 radical (unpaired) electrons. The third kappa shape index (κ3) is 5.42. The van der Waals surface area contributed by atoms with Crippen LogP contribution < -0.4 is 16.2 Å². The summed E-state index contributed by atoms with van der Waals surface area (Å²) in [4.78, 5) is 31.8. The Kier molecular flexibility index (Phi) is 8.22. The molecule has 2 saturated heterocycles. The van der Waals surface area contributed by atoms with Crippen LogP contribution in [0.1, 0.15) is 88.5 Å². The second kappa shape index (κ2) is 11.9. The van der Waals surface area contributed by atoms with Crippen molar-refractivity contribution in [3.05, 3.63) is 85.3 Å². The van der Waals surface area contributed by atoms with Crippen LogP contribution in [-0.2, 0) is 27.7 Å². The number of nitrogens with zero attached hydrogens (tertiary/aromatic N) is 1. The zero-order valence-electron chi connectivity index (χ0n) is 26.1. The van der Waals surface area contributed by atoms with Gasteiger partial charge in [-0.25, -0.2) is 0 Å². The molecule has 7 heteroatoms. The summed E-state index contributed by atoms with van der Waals surface area (Å²) in [5.74, 6) is -0.429. The lowest BCUT2D eigenvalue weighted by Crippen LogP contribution is -2.41. The molecule has 2 fully saturated rings. The Bertz CT molecular complexity index is 1590. The van der Waals surface area contributed by atoms with Gasteiger partial charge in [-0.2, -0.15) is 0 Å². The number of primary amides is 1. The van der Waals surface area contributed by atoms with Gasteiger partial charge < -0.3 is 25.1 Å². The summed E-state index contributed by atoms with van der Waals surface area (Å²) in [6.45, 7) is 11.9. The van der Waals surface area contributed by atoms with E-state index in [0.717, 1.165) is 103 Å². The van der Waals surface area contributed by atoms with Gasteiger partial charge >= 0.3 is 0 Å². The fourth-order valence-electron chi connectivity index (χ4n) is 8.05. The largest absolute Gasteiger partial charge is 0.381 e. The number of amides is 1. The second-order valence-corrected chi connectivity index (χ2v) is 12.8. The van der Waals surface area contributed by atoms with Crippen LogP contribution in [0, 0.1) is 20.8 Å². The van der Waals surface area contributed by atoms with Crippen LogP contribution in [0.4, 0.5) is 5.69 Å². The van der Waals surface area contributed by atoms with Crippen LogP contribution in [0.15, 0.2) is 35.1 Å². The first kappa shape index (κ1) is 29.6. The number of ether oxygens (including phenoxy) is 2. The van der Waals surface area contributed by atoms with Crippen molar-refractivity contribution >= 4 is 11.6 Å². The van der Waals surface area contributed by atoms with Crippen molar-refractivity contribution in [3.8, 4) is 11.1 Å². The molecule has 6 rings (SSSR count). The first-order valence-electron chi connectivity index (χ1n) is 15.9. The number of pyridine rings is 1. The number of hydrogen-bond acceptors (Lipinski definition) is 5. The Morgan fingerprint density at radius 3 is 2.40 bits per heavy atom. The lowest BCUT2D eigenvalue weighted by molar-refractivity contribution is 0.0506. The fraction of sp³-hybridized carbons (Fsp3) is 0.500. The lowest BCUT2D eigenvalue weighted by Gasteiger charge is -2.38. The molecule has 0 saturated carbocycles. The molecule has 0 unspecified atom stereocenters. The van der Waals surface area contributed by atoms with Crippen LogP contribution in [0.25, 0.3) is 11.1 Å². The van der Waals surface area contributed by atoms with Crippen LogP contribution in [0.2, 0.25) is 0 Å². The molecule has 1 aliphatic carbocycles. The molecule has 43 heavy (non-hydrogen) atoms. The number of benzene rings is 2. The monoisotopic (exact) mass is 583 g/mol. The van der Waals surface area contributed by atoms with Crippen molar-refractivity contribution < 1.29 is 14.3 Å². The molecule has 3 aliphatic rings. The normalized spacial score (nSPS) is 18.1. The van der Waals surface area contributed by atoms with Crippen molar-refractivity contribution in [2.45, 2.75) is 84.1 Å². The van der Waals surface area contributed by atoms with E-state index in [4.69, 9.17) is 15.2 Å². The number of nitrogens with two attached hydrogens (primary N) is 1. The lowest BCUT2D eigenvalue weighted by atomic mass is 9.75. The van der Waals surface area contributed by atoms with E-state index in [1.54, 1.807) is 0 Å². The SMILES string of the molecule is CCN(c1c(C)c(C(N)=O)cc(-c2ccc3c(c2)CCC32CCOCC2)c1Cc1c(C)cc(C)[nH]c1=O)C1CCOCC1. The quantitative estimate of drug-likeness (QED) is 0.374. The number of aromatic amines is 1. The van der Waals surface area contributed by atoms with Crippen molar-refractivity contribution in [1.29, 1.82) is 0 Å². The molecule has 1 spiro atoms. The molecule has 0 bridgehead atoms. The molecular weight excluding hydrogens is 538 g/mol. The molecule has 2 aliphatic heterocycles. The number of fused-ring (bicyclic) bond motifs is 2. The van der Waals surface area contributed by atoms with Gasteiger partial charge in [-0.3, -0.25) is 9.59 Å². The standard InChI is InChI=1S/C36H45N3O4/c1-5-39(27-9-14-42-15-10-27)33-24(4)29(34(37)40)21-30(31(33)20-28-22(2)18-23(3)38-35(28)41)25-6-7-32-26(19-25)8-11-36(32)12-16-43-17-13-36/h6-7,18-19,21,27H,5,8-17,20H2,1-4H3,(H2,37,40)(H,38,41). The highest BCUT2D eigenvalue weighted by molar-refractivity contribution is 5.99. The maximum atomic E-state index is 13.4. The summed E-state index contributed by atoms with van der Waals surface area (Å²) in [6, 6.07) is 11.2. The highest BCUT2D eigenvalue weighted by atomic mass is 16.5. The van der Waals surface area contributed by atoms with E-state index in [9.17, 15) is 9.59 Å². The van der Waals surface area contributed by atoms with Gasteiger partial charge in [0.1, 0.15) is 0 Å². The Balaban J connectivity index is 1.58. The molecule has 2 aromatic carbocycles. The maximum Gasteiger partial charge on any atom is 0.251 e. The molecule has 7 nitrogen and oxygen atoms in total. The van der Waals surface area contributed by atoms with E-state index < -0.39 is 5.91 Å². The predicted molar refractivity (Wildman–Crippen MR) is 171 cm³/mol.